The predicted octanol–water partition coefficient (Wildman–Crippen LogP) is 0.228. The molecule has 3 aliphatic heterocycles. The molecule has 0 radical (unpaired) electrons. The summed E-state index contributed by atoms with van der Waals surface area (Å²) in [4.78, 5) is 11.3. The topological polar surface area (TPSA) is 66.3 Å². The van der Waals surface area contributed by atoms with E-state index in [1.54, 1.807) is 18.0 Å². The van der Waals surface area contributed by atoms with Gasteiger partial charge in [0.25, 0.3) is 0 Å². The zero-order chi connectivity index (χ0) is 15.5. The van der Waals surface area contributed by atoms with Gasteiger partial charge in [-0.3, -0.25) is 4.98 Å². The molecule has 9 heteroatoms. The van der Waals surface area contributed by atoms with E-state index in [1.807, 2.05) is 11.3 Å². The number of hydrogen-bond acceptors (Lipinski definition) is 9. The number of ether oxygens (including phenoxy) is 2. The van der Waals surface area contributed by atoms with E-state index in [2.05, 4.69) is 14.9 Å². The molecule has 4 heterocycles. The van der Waals surface area contributed by atoms with E-state index in [9.17, 15) is 0 Å². The zero-order valence-corrected chi connectivity index (χ0v) is 13.7. The number of hydrogen-bond donors (Lipinski definition) is 0. The van der Waals surface area contributed by atoms with Crippen LogP contribution in [-0.2, 0) is 9.47 Å². The largest absolute Gasteiger partial charge is 0.379 e. The van der Waals surface area contributed by atoms with Crippen LogP contribution in [0.15, 0.2) is 17.5 Å². The number of hydrazine groups is 1. The smallest absolute Gasteiger partial charge is 0.148 e. The lowest BCUT2D eigenvalue weighted by Gasteiger charge is -2.32. The molecule has 0 saturated carbocycles. The molecule has 0 aliphatic carbocycles. The summed E-state index contributed by atoms with van der Waals surface area (Å²) in [7, 11) is 0. The monoisotopic (exact) mass is 336 g/mol. The fourth-order valence-electron chi connectivity index (χ4n) is 2.74. The Balaban J connectivity index is 1.49. The Bertz CT molecular complexity index is 574. The van der Waals surface area contributed by atoms with E-state index in [0.29, 0.717) is 0 Å². The zero-order valence-electron chi connectivity index (χ0n) is 12.9. The van der Waals surface area contributed by atoms with Crippen molar-refractivity contribution in [3.05, 3.63) is 18.1 Å². The number of rotatable bonds is 3. The highest BCUT2D eigenvalue weighted by molar-refractivity contribution is 8.14. The second-order valence-electron chi connectivity index (χ2n) is 5.48. The third-order valence-electron chi connectivity index (χ3n) is 4.01. The van der Waals surface area contributed by atoms with Crippen LogP contribution in [0.1, 0.15) is 5.69 Å². The molecule has 0 bridgehead atoms. The summed E-state index contributed by atoms with van der Waals surface area (Å²) in [5.74, 6) is 1.72. The van der Waals surface area contributed by atoms with Crippen LogP contribution >= 0.6 is 11.8 Å². The number of aromatic nitrogens is 2. The van der Waals surface area contributed by atoms with Crippen molar-refractivity contribution in [1.29, 1.82) is 0 Å². The first-order valence-electron chi connectivity index (χ1n) is 7.87. The molecule has 124 valence electrons. The highest BCUT2D eigenvalue weighted by Crippen LogP contribution is 2.24. The molecule has 2 fully saturated rings. The molecule has 1 aromatic heterocycles. The Morgan fingerprint density at radius 2 is 1.70 bits per heavy atom. The molecule has 0 atom stereocenters. The van der Waals surface area contributed by atoms with Crippen molar-refractivity contribution in [1.82, 2.24) is 20.1 Å². The molecule has 2 saturated heterocycles. The van der Waals surface area contributed by atoms with Crippen molar-refractivity contribution in [2.24, 2.45) is 5.10 Å². The lowest BCUT2D eigenvalue weighted by molar-refractivity contribution is -0.0768. The van der Waals surface area contributed by atoms with Gasteiger partial charge in [-0.15, -0.1) is 0 Å². The Morgan fingerprint density at radius 3 is 2.48 bits per heavy atom. The maximum absolute atomic E-state index is 5.39. The van der Waals surface area contributed by atoms with E-state index in [0.717, 1.165) is 75.0 Å². The van der Waals surface area contributed by atoms with Gasteiger partial charge in [0.2, 0.25) is 0 Å². The maximum Gasteiger partial charge on any atom is 0.148 e. The van der Waals surface area contributed by atoms with Crippen molar-refractivity contribution >= 4 is 22.6 Å². The van der Waals surface area contributed by atoms with Crippen molar-refractivity contribution < 1.29 is 9.47 Å². The Morgan fingerprint density at radius 1 is 0.957 bits per heavy atom. The van der Waals surface area contributed by atoms with Gasteiger partial charge in [-0.1, -0.05) is 11.8 Å². The minimum absolute atomic E-state index is 0.742. The summed E-state index contributed by atoms with van der Waals surface area (Å²) >= 11 is 1.70. The van der Waals surface area contributed by atoms with E-state index in [-0.39, 0.29) is 0 Å². The molecule has 0 N–H and O–H groups in total. The Hall–Kier alpha value is -1.42. The van der Waals surface area contributed by atoms with Crippen molar-refractivity contribution in [3.63, 3.8) is 0 Å². The van der Waals surface area contributed by atoms with Gasteiger partial charge < -0.3 is 14.4 Å². The number of nitrogens with zero attached hydrogens (tertiary/aromatic N) is 6. The fraction of sp³-hybridized carbons (Fsp3) is 0.643. The minimum Gasteiger partial charge on any atom is -0.379 e. The lowest BCUT2D eigenvalue weighted by Crippen LogP contribution is -2.45. The first-order valence-corrected chi connectivity index (χ1v) is 8.85. The average Bonchev–Trinajstić information content (AvgIpc) is 3.14. The van der Waals surface area contributed by atoms with Crippen LogP contribution in [0, 0.1) is 0 Å². The quantitative estimate of drug-likeness (QED) is 0.777. The van der Waals surface area contributed by atoms with Crippen LogP contribution < -0.4 is 4.90 Å². The highest BCUT2D eigenvalue weighted by Gasteiger charge is 2.25. The van der Waals surface area contributed by atoms with E-state index >= 15 is 0 Å². The van der Waals surface area contributed by atoms with E-state index in [4.69, 9.17) is 19.6 Å². The summed E-state index contributed by atoms with van der Waals surface area (Å²) in [5.41, 5.74) is 0.842. The molecule has 0 amide bonds. The first kappa shape index (κ1) is 15.1. The second-order valence-corrected chi connectivity index (χ2v) is 6.41. The molecule has 23 heavy (non-hydrogen) atoms. The fourth-order valence-corrected chi connectivity index (χ4v) is 3.60. The number of morpholine rings is 2. The van der Waals surface area contributed by atoms with Crippen LogP contribution in [0.4, 0.5) is 5.82 Å². The van der Waals surface area contributed by atoms with Gasteiger partial charge >= 0.3 is 0 Å². The Kier molecular flexibility index (Phi) is 4.60. The van der Waals surface area contributed by atoms with Crippen LogP contribution in [-0.4, -0.2) is 83.6 Å². The third-order valence-corrected chi connectivity index (χ3v) is 4.94. The molecular weight excluding hydrogens is 316 g/mol. The number of anilines is 1. The van der Waals surface area contributed by atoms with Crippen LogP contribution in [0.25, 0.3) is 0 Å². The van der Waals surface area contributed by atoms with Crippen LogP contribution in [0.2, 0.25) is 0 Å². The summed E-state index contributed by atoms with van der Waals surface area (Å²) < 4.78 is 10.8. The van der Waals surface area contributed by atoms with Gasteiger partial charge in [-0.25, -0.2) is 10.1 Å². The summed E-state index contributed by atoms with van der Waals surface area (Å²) in [6, 6.07) is 0. The summed E-state index contributed by atoms with van der Waals surface area (Å²) in [6.07, 6.45) is 3.60. The van der Waals surface area contributed by atoms with Crippen molar-refractivity contribution in [2.45, 2.75) is 0 Å². The molecule has 8 nitrogen and oxygen atoms in total. The standard InChI is InChI=1S/C14H20N6O2S/c1-5-21-6-2-18(1)13-10-15-9-12(16-13)14-17-20(11-23-14)19-3-7-22-8-4-19/h9-10H,1-8,11H2. The van der Waals surface area contributed by atoms with Crippen molar-refractivity contribution in [3.8, 4) is 0 Å². The van der Waals surface area contributed by atoms with Gasteiger partial charge in [0, 0.05) is 26.2 Å². The summed E-state index contributed by atoms with van der Waals surface area (Å²) in [5, 5.41) is 9.88. The molecule has 3 aliphatic rings. The van der Waals surface area contributed by atoms with Gasteiger partial charge in [0.1, 0.15) is 22.4 Å². The van der Waals surface area contributed by atoms with Crippen LogP contribution in [0.5, 0.6) is 0 Å². The SMILES string of the molecule is c1ncc(N2CCOCC2)nc1C1=NN(N2CCOCC2)CS1. The normalized spacial score (nSPS) is 23.2. The number of thioether (sulfide) groups is 1. The minimum atomic E-state index is 0.742. The molecule has 4 rings (SSSR count). The summed E-state index contributed by atoms with van der Waals surface area (Å²) in [6.45, 7) is 6.50. The van der Waals surface area contributed by atoms with E-state index in [1.165, 1.54) is 0 Å². The first-order chi connectivity index (χ1) is 11.4. The van der Waals surface area contributed by atoms with Crippen molar-refractivity contribution in [2.75, 3.05) is 63.4 Å². The Labute approximate surface area is 139 Å². The van der Waals surface area contributed by atoms with Crippen LogP contribution in [0.3, 0.4) is 0 Å². The molecule has 0 spiro atoms. The number of hydrazone groups is 1. The van der Waals surface area contributed by atoms with Gasteiger partial charge in [0.05, 0.1) is 38.8 Å². The highest BCUT2D eigenvalue weighted by atomic mass is 32.2. The van der Waals surface area contributed by atoms with Gasteiger partial charge in [-0.2, -0.15) is 10.1 Å². The molecule has 1 aromatic rings. The van der Waals surface area contributed by atoms with Gasteiger partial charge in [-0.05, 0) is 0 Å². The second kappa shape index (κ2) is 7.00. The van der Waals surface area contributed by atoms with E-state index < -0.39 is 0 Å². The lowest BCUT2D eigenvalue weighted by atomic mass is 10.4. The molecule has 0 aromatic carbocycles. The predicted molar refractivity (Wildman–Crippen MR) is 88.3 cm³/mol. The molecular formula is C14H20N6O2S. The average molecular weight is 336 g/mol. The molecule has 0 unspecified atom stereocenters. The third kappa shape index (κ3) is 3.42. The van der Waals surface area contributed by atoms with Gasteiger partial charge in [0.15, 0.2) is 0 Å². The maximum atomic E-state index is 5.39.